The van der Waals surface area contributed by atoms with Crippen molar-refractivity contribution in [3.05, 3.63) is 72.2 Å². The van der Waals surface area contributed by atoms with Crippen molar-refractivity contribution in [1.82, 2.24) is 9.66 Å². The Kier molecular flexibility index (Phi) is 4.24. The first-order valence-corrected chi connectivity index (χ1v) is 7.49. The number of aromatic nitrogens is 2. The second kappa shape index (κ2) is 6.48. The molecule has 0 spiro atoms. The Balaban J connectivity index is 1.90. The minimum absolute atomic E-state index is 0.840. The first-order valence-electron chi connectivity index (χ1n) is 7.49. The maximum atomic E-state index is 5.18. The SMILES string of the molecule is COc1ccc(/C(C)=N/n2cc(-c3ccccc3)nc2C)cc1. The van der Waals surface area contributed by atoms with E-state index in [2.05, 4.69) is 10.1 Å². The van der Waals surface area contributed by atoms with E-state index in [0.717, 1.165) is 34.1 Å². The molecule has 0 aliphatic rings. The van der Waals surface area contributed by atoms with Gasteiger partial charge in [0.1, 0.15) is 11.6 Å². The van der Waals surface area contributed by atoms with Crippen LogP contribution in [0.15, 0.2) is 65.9 Å². The van der Waals surface area contributed by atoms with Crippen LogP contribution in [0.2, 0.25) is 0 Å². The molecule has 0 unspecified atom stereocenters. The number of rotatable bonds is 4. The molecule has 0 fully saturated rings. The van der Waals surface area contributed by atoms with Crippen LogP contribution in [0.4, 0.5) is 0 Å². The lowest BCUT2D eigenvalue weighted by Gasteiger charge is -2.04. The number of benzene rings is 2. The highest BCUT2D eigenvalue weighted by Gasteiger charge is 2.06. The molecule has 3 aromatic rings. The highest BCUT2D eigenvalue weighted by molar-refractivity contribution is 5.98. The maximum absolute atomic E-state index is 5.18. The van der Waals surface area contributed by atoms with Crippen molar-refractivity contribution in [1.29, 1.82) is 0 Å². The van der Waals surface area contributed by atoms with E-state index in [1.807, 2.05) is 79.3 Å². The van der Waals surface area contributed by atoms with Crippen LogP contribution < -0.4 is 4.74 Å². The zero-order valence-electron chi connectivity index (χ0n) is 13.5. The van der Waals surface area contributed by atoms with Crippen LogP contribution in [0, 0.1) is 6.92 Å². The molecular weight excluding hydrogens is 286 g/mol. The molecule has 3 rings (SSSR count). The largest absolute Gasteiger partial charge is 0.497 e. The Morgan fingerprint density at radius 1 is 1.04 bits per heavy atom. The van der Waals surface area contributed by atoms with Gasteiger partial charge >= 0.3 is 0 Å². The maximum Gasteiger partial charge on any atom is 0.127 e. The van der Waals surface area contributed by atoms with Gasteiger partial charge < -0.3 is 4.74 Å². The molecule has 2 aromatic carbocycles. The fourth-order valence-electron chi connectivity index (χ4n) is 2.36. The van der Waals surface area contributed by atoms with Gasteiger partial charge in [-0.3, -0.25) is 0 Å². The number of hydrogen-bond acceptors (Lipinski definition) is 3. The van der Waals surface area contributed by atoms with Gasteiger partial charge in [0, 0.05) is 5.56 Å². The molecule has 0 saturated heterocycles. The summed E-state index contributed by atoms with van der Waals surface area (Å²) in [4.78, 5) is 4.59. The molecule has 116 valence electrons. The number of imidazole rings is 1. The zero-order chi connectivity index (χ0) is 16.2. The van der Waals surface area contributed by atoms with Gasteiger partial charge in [-0.05, 0) is 43.7 Å². The van der Waals surface area contributed by atoms with E-state index in [1.54, 1.807) is 7.11 Å². The molecule has 0 aliphatic heterocycles. The average Bonchev–Trinajstić information content (AvgIpc) is 2.96. The number of ether oxygens (including phenoxy) is 1. The van der Waals surface area contributed by atoms with Crippen LogP contribution in [-0.2, 0) is 0 Å². The molecule has 0 bridgehead atoms. The summed E-state index contributed by atoms with van der Waals surface area (Å²) in [5, 5.41) is 4.66. The van der Waals surface area contributed by atoms with E-state index in [4.69, 9.17) is 4.74 Å². The summed E-state index contributed by atoms with van der Waals surface area (Å²) < 4.78 is 7.00. The van der Waals surface area contributed by atoms with Gasteiger partial charge in [0.2, 0.25) is 0 Å². The molecule has 0 aliphatic carbocycles. The fourth-order valence-corrected chi connectivity index (χ4v) is 2.36. The topological polar surface area (TPSA) is 39.4 Å². The number of hydrogen-bond donors (Lipinski definition) is 0. The summed E-state index contributed by atoms with van der Waals surface area (Å²) in [5.74, 6) is 1.70. The molecule has 1 aromatic heterocycles. The lowest BCUT2D eigenvalue weighted by molar-refractivity contribution is 0.415. The van der Waals surface area contributed by atoms with Gasteiger partial charge in [-0.2, -0.15) is 5.10 Å². The molecule has 0 saturated carbocycles. The van der Waals surface area contributed by atoms with E-state index in [0.29, 0.717) is 0 Å². The third kappa shape index (κ3) is 3.31. The Bertz CT molecular complexity index is 818. The number of methoxy groups -OCH3 is 1. The Morgan fingerprint density at radius 2 is 1.74 bits per heavy atom. The summed E-state index contributed by atoms with van der Waals surface area (Å²) in [6.07, 6.45) is 1.96. The van der Waals surface area contributed by atoms with Gasteiger partial charge in [-0.25, -0.2) is 9.66 Å². The van der Waals surface area contributed by atoms with Gasteiger partial charge in [0.25, 0.3) is 0 Å². The van der Waals surface area contributed by atoms with E-state index in [9.17, 15) is 0 Å². The van der Waals surface area contributed by atoms with Gasteiger partial charge in [0.15, 0.2) is 0 Å². The first kappa shape index (κ1) is 15.0. The van der Waals surface area contributed by atoms with Crippen LogP contribution in [0.5, 0.6) is 5.75 Å². The Morgan fingerprint density at radius 3 is 2.39 bits per heavy atom. The molecule has 4 nitrogen and oxygen atoms in total. The summed E-state index contributed by atoms with van der Waals surface area (Å²) in [6, 6.07) is 18.0. The molecule has 0 atom stereocenters. The highest BCUT2D eigenvalue weighted by atomic mass is 16.5. The van der Waals surface area contributed by atoms with Crippen LogP contribution in [0.25, 0.3) is 11.3 Å². The minimum Gasteiger partial charge on any atom is -0.497 e. The van der Waals surface area contributed by atoms with Gasteiger partial charge in [-0.1, -0.05) is 30.3 Å². The first-order chi connectivity index (χ1) is 11.2. The van der Waals surface area contributed by atoms with Crippen molar-refractivity contribution in [2.45, 2.75) is 13.8 Å². The van der Waals surface area contributed by atoms with Crippen molar-refractivity contribution < 1.29 is 4.74 Å². The Hall–Kier alpha value is -2.88. The number of aryl methyl sites for hydroxylation is 1. The quantitative estimate of drug-likeness (QED) is 0.680. The second-order valence-corrected chi connectivity index (χ2v) is 5.30. The van der Waals surface area contributed by atoms with E-state index in [1.165, 1.54) is 0 Å². The second-order valence-electron chi connectivity index (χ2n) is 5.30. The van der Waals surface area contributed by atoms with Crippen molar-refractivity contribution in [3.8, 4) is 17.0 Å². The van der Waals surface area contributed by atoms with Crippen molar-refractivity contribution >= 4 is 5.71 Å². The van der Waals surface area contributed by atoms with Crippen LogP contribution in [0.3, 0.4) is 0 Å². The normalized spacial score (nSPS) is 11.5. The highest BCUT2D eigenvalue weighted by Crippen LogP contribution is 2.18. The predicted octanol–water partition coefficient (Wildman–Crippen LogP) is 4.14. The van der Waals surface area contributed by atoms with Crippen molar-refractivity contribution in [3.63, 3.8) is 0 Å². The number of nitrogens with zero attached hydrogens (tertiary/aromatic N) is 3. The van der Waals surface area contributed by atoms with E-state index >= 15 is 0 Å². The Labute approximate surface area is 136 Å². The summed E-state index contributed by atoms with van der Waals surface area (Å²) in [5.41, 5.74) is 3.99. The van der Waals surface area contributed by atoms with Crippen LogP contribution in [0.1, 0.15) is 18.3 Å². The summed E-state index contributed by atoms with van der Waals surface area (Å²) >= 11 is 0. The molecule has 1 heterocycles. The summed E-state index contributed by atoms with van der Waals surface area (Å²) in [7, 11) is 1.66. The molecule has 0 amide bonds. The third-order valence-electron chi connectivity index (χ3n) is 3.69. The monoisotopic (exact) mass is 305 g/mol. The van der Waals surface area contributed by atoms with Gasteiger partial charge in [-0.15, -0.1) is 0 Å². The molecule has 23 heavy (non-hydrogen) atoms. The van der Waals surface area contributed by atoms with Crippen molar-refractivity contribution in [2.24, 2.45) is 5.10 Å². The molecular formula is C19H19N3O. The van der Waals surface area contributed by atoms with E-state index < -0.39 is 0 Å². The zero-order valence-corrected chi connectivity index (χ0v) is 13.5. The smallest absolute Gasteiger partial charge is 0.127 e. The average molecular weight is 305 g/mol. The lowest BCUT2D eigenvalue weighted by atomic mass is 10.1. The predicted molar refractivity (Wildman–Crippen MR) is 93.0 cm³/mol. The minimum atomic E-state index is 0.840. The molecule has 0 radical (unpaired) electrons. The van der Waals surface area contributed by atoms with E-state index in [-0.39, 0.29) is 0 Å². The summed E-state index contributed by atoms with van der Waals surface area (Å²) in [6.45, 7) is 3.95. The van der Waals surface area contributed by atoms with Crippen LogP contribution >= 0.6 is 0 Å². The third-order valence-corrected chi connectivity index (χ3v) is 3.69. The van der Waals surface area contributed by atoms with Crippen LogP contribution in [-0.4, -0.2) is 22.5 Å². The molecule has 0 N–H and O–H groups in total. The fraction of sp³-hybridized carbons (Fsp3) is 0.158. The van der Waals surface area contributed by atoms with Crippen molar-refractivity contribution in [2.75, 3.05) is 7.11 Å². The van der Waals surface area contributed by atoms with Gasteiger partial charge in [0.05, 0.1) is 24.7 Å². The standard InChI is InChI=1S/C19H19N3O/c1-14(16-9-11-18(23-3)12-10-16)21-22-13-19(20-15(22)2)17-7-5-4-6-8-17/h4-13H,1-3H3/b21-14+. The lowest BCUT2D eigenvalue weighted by Crippen LogP contribution is -2.00. The molecule has 4 heteroatoms.